The van der Waals surface area contributed by atoms with Gasteiger partial charge in [0, 0.05) is 37.0 Å². The summed E-state index contributed by atoms with van der Waals surface area (Å²) in [6.45, 7) is 4.41. The van der Waals surface area contributed by atoms with Crippen LogP contribution in [0, 0.1) is 5.82 Å². The summed E-state index contributed by atoms with van der Waals surface area (Å²) in [6, 6.07) is 7.72. The standard InChI is InChI=1S/C21H25FN4O2/c1-4-6-18-21(28)25(3)13(2)12-26(18)20(27)15-8-5-7-14(9-15)16-10-17(22)19(23)24-11-16/h5,7-11,13,18H,4,6,12H2,1-3H3,(H2,23,24). The number of nitrogens with two attached hydrogens (primary N) is 1. The summed E-state index contributed by atoms with van der Waals surface area (Å²) in [5, 5.41) is 0. The van der Waals surface area contributed by atoms with Crippen LogP contribution >= 0.6 is 0 Å². The summed E-state index contributed by atoms with van der Waals surface area (Å²) in [5.41, 5.74) is 7.10. The maximum Gasteiger partial charge on any atom is 0.254 e. The predicted molar refractivity (Wildman–Crippen MR) is 106 cm³/mol. The van der Waals surface area contributed by atoms with Gasteiger partial charge in [-0.25, -0.2) is 9.37 Å². The third-order valence-corrected chi connectivity index (χ3v) is 5.27. The van der Waals surface area contributed by atoms with Crippen LogP contribution in [0.3, 0.4) is 0 Å². The first kappa shape index (κ1) is 19.8. The van der Waals surface area contributed by atoms with Crippen LogP contribution in [-0.4, -0.2) is 52.3 Å². The highest BCUT2D eigenvalue weighted by Gasteiger charge is 2.38. The van der Waals surface area contributed by atoms with Gasteiger partial charge in [-0.05, 0) is 37.1 Å². The SMILES string of the molecule is CCCC1C(=O)N(C)C(C)CN1C(=O)c1cccc(-c2cnc(N)c(F)c2)c1. The van der Waals surface area contributed by atoms with Crippen molar-refractivity contribution in [3.63, 3.8) is 0 Å². The number of hydrogen-bond donors (Lipinski definition) is 1. The number of anilines is 1. The quantitative estimate of drug-likeness (QED) is 0.879. The molecule has 1 fully saturated rings. The van der Waals surface area contributed by atoms with E-state index in [-0.39, 0.29) is 23.7 Å². The van der Waals surface area contributed by atoms with Crippen molar-refractivity contribution in [1.82, 2.24) is 14.8 Å². The van der Waals surface area contributed by atoms with Gasteiger partial charge in [0.25, 0.3) is 5.91 Å². The zero-order chi connectivity index (χ0) is 20.4. The van der Waals surface area contributed by atoms with Gasteiger partial charge in [-0.15, -0.1) is 0 Å². The van der Waals surface area contributed by atoms with Crippen molar-refractivity contribution in [3.8, 4) is 11.1 Å². The van der Waals surface area contributed by atoms with Gasteiger partial charge < -0.3 is 15.5 Å². The average molecular weight is 384 g/mol. The molecule has 1 aliphatic heterocycles. The number of aromatic nitrogens is 1. The molecular formula is C21H25FN4O2. The Labute approximate surface area is 164 Å². The number of rotatable bonds is 4. The van der Waals surface area contributed by atoms with E-state index in [1.54, 1.807) is 41.1 Å². The minimum absolute atomic E-state index is 0.0325. The van der Waals surface area contributed by atoms with E-state index in [0.717, 1.165) is 6.42 Å². The highest BCUT2D eigenvalue weighted by atomic mass is 19.1. The zero-order valence-electron chi connectivity index (χ0n) is 16.4. The molecule has 2 unspecified atom stereocenters. The van der Waals surface area contributed by atoms with Crippen molar-refractivity contribution in [3.05, 3.63) is 47.9 Å². The van der Waals surface area contributed by atoms with E-state index >= 15 is 0 Å². The van der Waals surface area contributed by atoms with Crippen molar-refractivity contribution in [2.45, 2.75) is 38.8 Å². The topological polar surface area (TPSA) is 79.5 Å². The Bertz CT molecular complexity index is 902. The molecule has 0 aliphatic carbocycles. The minimum atomic E-state index is -0.601. The van der Waals surface area contributed by atoms with Crippen LogP contribution in [0.5, 0.6) is 0 Å². The number of carbonyl (C=O) groups is 2. The number of benzene rings is 1. The van der Waals surface area contributed by atoms with Gasteiger partial charge in [-0.2, -0.15) is 0 Å². The van der Waals surface area contributed by atoms with E-state index in [1.807, 2.05) is 13.8 Å². The van der Waals surface area contributed by atoms with E-state index in [4.69, 9.17) is 5.73 Å². The Kier molecular flexibility index (Phi) is 5.63. The van der Waals surface area contributed by atoms with Gasteiger partial charge in [0.1, 0.15) is 6.04 Å². The number of likely N-dealkylation sites (N-methyl/N-ethyl adjacent to an activating group) is 1. The normalized spacial score (nSPS) is 19.8. The van der Waals surface area contributed by atoms with Crippen molar-refractivity contribution in [2.24, 2.45) is 0 Å². The van der Waals surface area contributed by atoms with Crippen LogP contribution in [0.4, 0.5) is 10.2 Å². The Morgan fingerprint density at radius 1 is 1.32 bits per heavy atom. The molecule has 2 amide bonds. The third kappa shape index (κ3) is 3.69. The summed E-state index contributed by atoms with van der Waals surface area (Å²) in [4.78, 5) is 33.1. The first-order valence-corrected chi connectivity index (χ1v) is 9.42. The smallest absolute Gasteiger partial charge is 0.254 e. The molecule has 0 saturated carbocycles. The molecule has 3 rings (SSSR count). The first-order valence-electron chi connectivity index (χ1n) is 9.42. The molecule has 148 valence electrons. The van der Waals surface area contributed by atoms with E-state index < -0.39 is 11.9 Å². The lowest BCUT2D eigenvalue weighted by Crippen LogP contribution is -2.61. The fraction of sp³-hybridized carbons (Fsp3) is 0.381. The second-order valence-electron chi connectivity index (χ2n) is 7.23. The van der Waals surface area contributed by atoms with Gasteiger partial charge in [0.2, 0.25) is 5.91 Å². The molecule has 0 spiro atoms. The average Bonchev–Trinajstić information content (AvgIpc) is 2.70. The van der Waals surface area contributed by atoms with Crippen LogP contribution in [-0.2, 0) is 4.79 Å². The van der Waals surface area contributed by atoms with E-state index in [9.17, 15) is 14.0 Å². The van der Waals surface area contributed by atoms with Crippen molar-refractivity contribution < 1.29 is 14.0 Å². The molecule has 1 aromatic carbocycles. The summed E-state index contributed by atoms with van der Waals surface area (Å²) in [5.74, 6) is -0.994. The number of pyridine rings is 1. The predicted octanol–water partition coefficient (Wildman–Crippen LogP) is 2.94. The maximum absolute atomic E-state index is 13.8. The Morgan fingerprint density at radius 3 is 2.75 bits per heavy atom. The molecule has 1 aliphatic rings. The Hall–Kier alpha value is -2.96. The van der Waals surface area contributed by atoms with Crippen molar-refractivity contribution >= 4 is 17.6 Å². The van der Waals surface area contributed by atoms with Gasteiger partial charge in [0.15, 0.2) is 11.6 Å². The highest BCUT2D eigenvalue weighted by molar-refractivity contribution is 5.99. The molecule has 1 aromatic heterocycles. The van der Waals surface area contributed by atoms with Crippen LogP contribution in [0.15, 0.2) is 36.5 Å². The Balaban J connectivity index is 1.93. The second-order valence-corrected chi connectivity index (χ2v) is 7.23. The van der Waals surface area contributed by atoms with Crippen molar-refractivity contribution in [1.29, 1.82) is 0 Å². The number of carbonyl (C=O) groups excluding carboxylic acids is 2. The van der Waals surface area contributed by atoms with Gasteiger partial charge in [-0.1, -0.05) is 25.5 Å². The molecule has 2 N–H and O–H groups in total. The van der Waals surface area contributed by atoms with Crippen LogP contribution < -0.4 is 5.73 Å². The van der Waals surface area contributed by atoms with Gasteiger partial charge in [0.05, 0.1) is 0 Å². The number of piperazine rings is 1. The van der Waals surface area contributed by atoms with Crippen LogP contribution in [0.1, 0.15) is 37.0 Å². The molecule has 28 heavy (non-hydrogen) atoms. The minimum Gasteiger partial charge on any atom is -0.381 e. The summed E-state index contributed by atoms with van der Waals surface area (Å²) < 4.78 is 13.8. The fourth-order valence-electron chi connectivity index (χ4n) is 3.50. The number of nitrogen functional groups attached to an aromatic ring is 1. The zero-order valence-corrected chi connectivity index (χ0v) is 16.4. The van der Waals surface area contributed by atoms with Crippen molar-refractivity contribution in [2.75, 3.05) is 19.3 Å². The largest absolute Gasteiger partial charge is 0.381 e. The molecule has 6 nitrogen and oxygen atoms in total. The molecule has 2 aromatic rings. The number of nitrogens with zero attached hydrogens (tertiary/aromatic N) is 3. The third-order valence-electron chi connectivity index (χ3n) is 5.27. The molecule has 1 saturated heterocycles. The molecule has 0 radical (unpaired) electrons. The molecule has 2 atom stereocenters. The number of hydrogen-bond acceptors (Lipinski definition) is 4. The van der Waals surface area contributed by atoms with Crippen LogP contribution in [0.25, 0.3) is 11.1 Å². The van der Waals surface area contributed by atoms with E-state index in [1.165, 1.54) is 12.3 Å². The summed E-state index contributed by atoms with van der Waals surface area (Å²) in [7, 11) is 1.78. The lowest BCUT2D eigenvalue weighted by Gasteiger charge is -2.43. The van der Waals surface area contributed by atoms with E-state index in [0.29, 0.717) is 29.7 Å². The summed E-state index contributed by atoms with van der Waals surface area (Å²) in [6.07, 6.45) is 2.90. The molecular weight excluding hydrogens is 359 g/mol. The Morgan fingerprint density at radius 2 is 2.07 bits per heavy atom. The highest BCUT2D eigenvalue weighted by Crippen LogP contribution is 2.25. The lowest BCUT2D eigenvalue weighted by atomic mass is 9.99. The molecule has 7 heteroatoms. The summed E-state index contributed by atoms with van der Waals surface area (Å²) >= 11 is 0. The monoisotopic (exact) mass is 384 g/mol. The van der Waals surface area contributed by atoms with E-state index in [2.05, 4.69) is 4.98 Å². The van der Waals surface area contributed by atoms with Gasteiger partial charge >= 0.3 is 0 Å². The van der Waals surface area contributed by atoms with Gasteiger partial charge in [-0.3, -0.25) is 9.59 Å². The van der Waals surface area contributed by atoms with Crippen LogP contribution in [0.2, 0.25) is 0 Å². The maximum atomic E-state index is 13.8. The molecule has 0 bridgehead atoms. The number of halogens is 1. The second kappa shape index (κ2) is 7.96. The lowest BCUT2D eigenvalue weighted by molar-refractivity contribution is -0.142. The first-order chi connectivity index (χ1) is 13.3. The molecule has 2 heterocycles. The number of amides is 2. The fourth-order valence-corrected chi connectivity index (χ4v) is 3.50.